The summed E-state index contributed by atoms with van der Waals surface area (Å²) in [5.41, 5.74) is 0. The number of nitrogens with one attached hydrogen (secondary N) is 1. The number of amides is 3. The monoisotopic (exact) mass is 299 g/mol. The first-order chi connectivity index (χ1) is 9.77. The average Bonchev–Trinajstić information content (AvgIpc) is 2.41. The molecule has 1 saturated heterocycles. The van der Waals surface area contributed by atoms with Crippen LogP contribution in [-0.4, -0.2) is 70.8 Å². The van der Waals surface area contributed by atoms with Crippen molar-refractivity contribution in [1.29, 1.82) is 0 Å². The number of nitrogens with zero attached hydrogens (tertiary/aromatic N) is 2. The molecule has 0 saturated carbocycles. The van der Waals surface area contributed by atoms with Gasteiger partial charge in [0, 0.05) is 19.6 Å². The molecule has 1 rings (SSSR count). The largest absolute Gasteiger partial charge is 0.480 e. The maximum atomic E-state index is 11.8. The fraction of sp³-hybridized carbons (Fsp3) is 0.692. The fourth-order valence-corrected chi connectivity index (χ4v) is 2.07. The Morgan fingerprint density at radius 3 is 2.19 bits per heavy atom. The third kappa shape index (κ3) is 4.17. The van der Waals surface area contributed by atoms with Crippen molar-refractivity contribution in [1.82, 2.24) is 15.1 Å². The van der Waals surface area contributed by atoms with Crippen molar-refractivity contribution in [2.24, 2.45) is 5.92 Å². The number of hydrogen-bond acceptors (Lipinski definition) is 4. The maximum absolute atomic E-state index is 11.8. The molecule has 1 aliphatic rings. The summed E-state index contributed by atoms with van der Waals surface area (Å²) in [6.07, 6.45) is 0. The molecule has 1 fully saturated rings. The van der Waals surface area contributed by atoms with Gasteiger partial charge in [-0.3, -0.25) is 14.4 Å². The second kappa shape index (κ2) is 7.05. The number of carboxylic acid groups (broad SMARTS) is 1. The first-order valence-corrected chi connectivity index (χ1v) is 6.88. The zero-order chi connectivity index (χ0) is 16.2. The van der Waals surface area contributed by atoms with Crippen LogP contribution in [0.4, 0.5) is 0 Å². The number of aliphatic carboxylic acids is 1. The van der Waals surface area contributed by atoms with Gasteiger partial charge in [-0.2, -0.15) is 0 Å². The number of carbonyl (C=O) groups is 4. The van der Waals surface area contributed by atoms with E-state index in [9.17, 15) is 19.2 Å². The molecule has 0 bridgehead atoms. The van der Waals surface area contributed by atoms with Crippen molar-refractivity contribution in [3.8, 4) is 0 Å². The van der Waals surface area contributed by atoms with Crippen LogP contribution >= 0.6 is 0 Å². The summed E-state index contributed by atoms with van der Waals surface area (Å²) >= 11 is 0. The van der Waals surface area contributed by atoms with E-state index >= 15 is 0 Å². The molecule has 1 aliphatic heterocycles. The SMILES string of the molecule is CCN1CCN(CC(=O)N[C@@H](C(=O)O)C(C)C)C(=O)C1=O. The van der Waals surface area contributed by atoms with E-state index in [-0.39, 0.29) is 19.0 Å². The summed E-state index contributed by atoms with van der Waals surface area (Å²) in [6, 6.07) is -1.01. The maximum Gasteiger partial charge on any atom is 0.326 e. The van der Waals surface area contributed by atoms with Gasteiger partial charge in [-0.25, -0.2) is 4.79 Å². The van der Waals surface area contributed by atoms with Gasteiger partial charge in [0.2, 0.25) is 5.91 Å². The minimum absolute atomic E-state index is 0.269. The van der Waals surface area contributed by atoms with Crippen LogP contribution < -0.4 is 5.32 Å². The van der Waals surface area contributed by atoms with Crippen LogP contribution in [-0.2, 0) is 19.2 Å². The summed E-state index contributed by atoms with van der Waals surface area (Å²) in [5.74, 6) is -3.34. The average molecular weight is 299 g/mol. The molecule has 8 heteroatoms. The summed E-state index contributed by atoms with van der Waals surface area (Å²) in [5, 5.41) is 11.4. The number of carboxylic acids is 1. The summed E-state index contributed by atoms with van der Waals surface area (Å²) < 4.78 is 0. The van der Waals surface area contributed by atoms with E-state index in [1.165, 1.54) is 4.90 Å². The van der Waals surface area contributed by atoms with Crippen LogP contribution in [0.1, 0.15) is 20.8 Å². The van der Waals surface area contributed by atoms with E-state index in [1.54, 1.807) is 20.8 Å². The van der Waals surface area contributed by atoms with Crippen molar-refractivity contribution in [2.45, 2.75) is 26.8 Å². The highest BCUT2D eigenvalue weighted by atomic mass is 16.4. The lowest BCUT2D eigenvalue weighted by atomic mass is 10.0. The molecule has 0 aromatic rings. The van der Waals surface area contributed by atoms with Gasteiger partial charge in [-0.1, -0.05) is 13.8 Å². The Kier molecular flexibility index (Phi) is 5.69. The van der Waals surface area contributed by atoms with Gasteiger partial charge in [0.25, 0.3) is 0 Å². The normalized spacial score (nSPS) is 17.1. The number of rotatable bonds is 6. The Labute approximate surface area is 123 Å². The Hall–Kier alpha value is -2.12. The molecule has 0 spiro atoms. The van der Waals surface area contributed by atoms with Gasteiger partial charge in [-0.15, -0.1) is 0 Å². The van der Waals surface area contributed by atoms with Gasteiger partial charge in [0.1, 0.15) is 12.6 Å². The van der Waals surface area contributed by atoms with Crippen LogP contribution in [0.3, 0.4) is 0 Å². The molecular weight excluding hydrogens is 278 g/mol. The molecule has 0 aromatic heterocycles. The van der Waals surface area contributed by atoms with Gasteiger partial charge in [-0.05, 0) is 12.8 Å². The van der Waals surface area contributed by atoms with E-state index in [0.29, 0.717) is 13.1 Å². The second-order valence-corrected chi connectivity index (χ2v) is 5.24. The molecule has 1 atom stereocenters. The minimum Gasteiger partial charge on any atom is -0.480 e. The standard InChI is InChI=1S/C13H21N3O5/c1-4-15-5-6-16(12(19)11(15)18)7-9(17)14-10(8(2)3)13(20)21/h8,10H,4-7H2,1-3H3,(H,14,17)(H,20,21)/t10-/m1/s1. The third-order valence-electron chi connectivity index (χ3n) is 3.36. The van der Waals surface area contributed by atoms with E-state index in [4.69, 9.17) is 5.11 Å². The lowest BCUT2D eigenvalue weighted by molar-refractivity contribution is -0.157. The van der Waals surface area contributed by atoms with Crippen molar-refractivity contribution < 1.29 is 24.3 Å². The summed E-state index contributed by atoms with van der Waals surface area (Å²) in [7, 11) is 0. The smallest absolute Gasteiger partial charge is 0.326 e. The molecule has 0 unspecified atom stereocenters. The number of likely N-dealkylation sites (N-methyl/N-ethyl adjacent to an activating group) is 1. The first-order valence-electron chi connectivity index (χ1n) is 6.88. The Morgan fingerprint density at radius 2 is 1.71 bits per heavy atom. The van der Waals surface area contributed by atoms with E-state index < -0.39 is 29.7 Å². The van der Waals surface area contributed by atoms with Crippen molar-refractivity contribution in [3.63, 3.8) is 0 Å². The molecule has 3 amide bonds. The van der Waals surface area contributed by atoms with Gasteiger partial charge in [0.05, 0.1) is 0 Å². The molecule has 1 heterocycles. The zero-order valence-corrected chi connectivity index (χ0v) is 12.5. The molecule has 2 N–H and O–H groups in total. The molecule has 0 aromatic carbocycles. The molecule has 118 valence electrons. The summed E-state index contributed by atoms with van der Waals surface area (Å²) in [4.78, 5) is 48.9. The number of piperazine rings is 1. The van der Waals surface area contributed by atoms with Crippen LogP contribution in [0.5, 0.6) is 0 Å². The highest BCUT2D eigenvalue weighted by molar-refractivity contribution is 6.35. The molecular formula is C13H21N3O5. The van der Waals surface area contributed by atoms with Crippen LogP contribution in [0.15, 0.2) is 0 Å². The quantitative estimate of drug-likeness (QED) is 0.606. The van der Waals surface area contributed by atoms with Crippen LogP contribution in [0.2, 0.25) is 0 Å². The van der Waals surface area contributed by atoms with E-state index in [0.717, 1.165) is 4.90 Å². The molecule has 21 heavy (non-hydrogen) atoms. The highest BCUT2D eigenvalue weighted by Gasteiger charge is 2.33. The zero-order valence-electron chi connectivity index (χ0n) is 12.5. The Morgan fingerprint density at radius 1 is 1.19 bits per heavy atom. The topological polar surface area (TPSA) is 107 Å². The Bertz CT molecular complexity index is 449. The molecule has 8 nitrogen and oxygen atoms in total. The number of hydrogen-bond donors (Lipinski definition) is 2. The van der Waals surface area contributed by atoms with Crippen molar-refractivity contribution >= 4 is 23.7 Å². The van der Waals surface area contributed by atoms with Crippen LogP contribution in [0.25, 0.3) is 0 Å². The lowest BCUT2D eigenvalue weighted by Gasteiger charge is -2.33. The summed E-state index contributed by atoms with van der Waals surface area (Å²) in [6.45, 7) is 5.90. The lowest BCUT2D eigenvalue weighted by Crippen LogP contribution is -2.57. The highest BCUT2D eigenvalue weighted by Crippen LogP contribution is 2.06. The number of carbonyl (C=O) groups excluding carboxylic acids is 3. The molecule has 0 radical (unpaired) electrons. The van der Waals surface area contributed by atoms with Gasteiger partial charge in [0.15, 0.2) is 0 Å². The fourth-order valence-electron chi connectivity index (χ4n) is 2.07. The van der Waals surface area contributed by atoms with E-state index in [2.05, 4.69) is 5.32 Å². The van der Waals surface area contributed by atoms with Gasteiger partial charge >= 0.3 is 17.8 Å². The minimum atomic E-state index is -1.13. The Balaban J connectivity index is 2.61. The van der Waals surface area contributed by atoms with Crippen molar-refractivity contribution in [2.75, 3.05) is 26.2 Å². The molecule has 0 aliphatic carbocycles. The van der Waals surface area contributed by atoms with E-state index in [1.807, 2.05) is 0 Å². The third-order valence-corrected chi connectivity index (χ3v) is 3.36. The predicted molar refractivity (Wildman–Crippen MR) is 73.2 cm³/mol. The first kappa shape index (κ1) is 16.9. The second-order valence-electron chi connectivity index (χ2n) is 5.24. The predicted octanol–water partition coefficient (Wildman–Crippen LogP) is -1.10. The van der Waals surface area contributed by atoms with Gasteiger partial charge < -0.3 is 20.2 Å². The van der Waals surface area contributed by atoms with Crippen LogP contribution in [0, 0.1) is 5.92 Å². The van der Waals surface area contributed by atoms with Crippen molar-refractivity contribution in [3.05, 3.63) is 0 Å².